The lowest BCUT2D eigenvalue weighted by molar-refractivity contribution is 0.0717. The van der Waals surface area contributed by atoms with Crippen molar-refractivity contribution in [1.82, 2.24) is 9.88 Å². The maximum absolute atomic E-state index is 13.6. The van der Waals surface area contributed by atoms with Crippen molar-refractivity contribution in [3.8, 4) is 11.1 Å². The topological polar surface area (TPSA) is 46.3 Å². The molecule has 0 bridgehead atoms. The maximum atomic E-state index is 13.6. The van der Waals surface area contributed by atoms with Gasteiger partial charge in [-0.05, 0) is 72.4 Å². The summed E-state index contributed by atoms with van der Waals surface area (Å²) in [7, 11) is 0. The summed E-state index contributed by atoms with van der Waals surface area (Å²) in [5.74, 6) is -1.30. The predicted molar refractivity (Wildman–Crippen MR) is 118 cm³/mol. The highest BCUT2D eigenvalue weighted by atomic mass is 19.2. The molecule has 0 radical (unpaired) electrons. The number of nitrogens with zero attached hydrogens (tertiary/aromatic N) is 2. The number of hydrogen-bond donors (Lipinski definition) is 0. The quantitative estimate of drug-likeness (QED) is 0.379. The second-order valence-electron chi connectivity index (χ2n) is 8.07. The van der Waals surface area contributed by atoms with Gasteiger partial charge in [-0.1, -0.05) is 31.2 Å². The zero-order valence-corrected chi connectivity index (χ0v) is 17.6. The molecule has 1 fully saturated rings. The third-order valence-corrected chi connectivity index (χ3v) is 6.06. The molecule has 1 aliphatic rings. The highest BCUT2D eigenvalue weighted by molar-refractivity contribution is 5.94. The lowest BCUT2D eigenvalue weighted by atomic mass is 10.1. The molecule has 0 spiro atoms. The van der Waals surface area contributed by atoms with E-state index in [0.717, 1.165) is 25.3 Å². The third-order valence-electron chi connectivity index (χ3n) is 6.06. The average Bonchev–Trinajstić information content (AvgIpc) is 3.47. The van der Waals surface area contributed by atoms with Crippen molar-refractivity contribution in [1.29, 1.82) is 0 Å². The van der Waals surface area contributed by atoms with Gasteiger partial charge in [0.1, 0.15) is 11.6 Å². The van der Waals surface area contributed by atoms with E-state index in [1.54, 1.807) is 18.2 Å². The molecule has 4 aromatic rings. The van der Waals surface area contributed by atoms with E-state index in [4.69, 9.17) is 4.42 Å². The molecule has 0 N–H and O–H groups in total. The summed E-state index contributed by atoms with van der Waals surface area (Å²) in [4.78, 5) is 19.6. The third kappa shape index (κ3) is 3.66. The zero-order valence-electron chi connectivity index (χ0n) is 17.6. The van der Waals surface area contributed by atoms with Crippen LogP contribution in [0.25, 0.3) is 22.2 Å². The molecule has 5 rings (SSSR count). The Bertz CT molecular complexity index is 1300. The van der Waals surface area contributed by atoms with Crippen LogP contribution in [0.5, 0.6) is 0 Å². The number of oxazole rings is 1. The molecule has 1 saturated heterocycles. The minimum atomic E-state index is -0.893. The van der Waals surface area contributed by atoms with Gasteiger partial charge < -0.3 is 9.32 Å². The molecule has 6 heteroatoms. The Morgan fingerprint density at radius 2 is 1.78 bits per heavy atom. The summed E-state index contributed by atoms with van der Waals surface area (Å²) >= 11 is 0. The van der Waals surface area contributed by atoms with Crippen LogP contribution in [-0.4, -0.2) is 22.3 Å². The van der Waals surface area contributed by atoms with Gasteiger partial charge in [0.15, 0.2) is 17.2 Å². The SMILES string of the molecule is CCc1ccc(C(=O)N2CCCC2c2nc3cc(-c4ccc(F)c(F)c4)ccc3o2)cc1. The fraction of sp³-hybridized carbons (Fsp3) is 0.231. The first-order valence-corrected chi connectivity index (χ1v) is 10.8. The van der Waals surface area contributed by atoms with Crippen molar-refractivity contribution in [3.63, 3.8) is 0 Å². The van der Waals surface area contributed by atoms with Crippen molar-refractivity contribution >= 4 is 17.0 Å². The van der Waals surface area contributed by atoms with Gasteiger partial charge in [-0.3, -0.25) is 4.79 Å². The Morgan fingerprint density at radius 1 is 1.03 bits per heavy atom. The van der Waals surface area contributed by atoms with Gasteiger partial charge in [-0.2, -0.15) is 0 Å². The molecule has 1 atom stereocenters. The summed E-state index contributed by atoms with van der Waals surface area (Å²) in [5.41, 5.74) is 4.34. The molecule has 32 heavy (non-hydrogen) atoms. The highest BCUT2D eigenvalue weighted by Gasteiger charge is 2.34. The van der Waals surface area contributed by atoms with Crippen LogP contribution in [0, 0.1) is 11.6 Å². The van der Waals surface area contributed by atoms with Crippen molar-refractivity contribution in [3.05, 3.63) is 89.3 Å². The van der Waals surface area contributed by atoms with Gasteiger partial charge in [-0.25, -0.2) is 13.8 Å². The number of aromatic nitrogens is 1. The second kappa shape index (κ2) is 8.19. The number of benzene rings is 3. The van der Waals surface area contributed by atoms with Gasteiger partial charge in [0.05, 0.1) is 0 Å². The van der Waals surface area contributed by atoms with Crippen LogP contribution >= 0.6 is 0 Å². The molecule has 1 aromatic heterocycles. The molecule has 0 aliphatic carbocycles. The van der Waals surface area contributed by atoms with Crippen LogP contribution in [0.1, 0.15) is 47.6 Å². The molecule has 1 aliphatic heterocycles. The predicted octanol–water partition coefficient (Wildman–Crippen LogP) is 6.31. The summed E-state index contributed by atoms with van der Waals surface area (Å²) < 4.78 is 32.9. The number of aryl methyl sites for hydroxylation is 1. The minimum absolute atomic E-state index is 0.0279. The summed E-state index contributed by atoms with van der Waals surface area (Å²) in [5, 5.41) is 0. The molecule has 1 amide bonds. The normalized spacial score (nSPS) is 16.1. The number of amides is 1. The van der Waals surface area contributed by atoms with E-state index in [1.807, 2.05) is 29.2 Å². The number of halogens is 2. The number of carbonyl (C=O) groups excluding carboxylic acids is 1. The second-order valence-corrected chi connectivity index (χ2v) is 8.07. The van der Waals surface area contributed by atoms with Gasteiger partial charge >= 0.3 is 0 Å². The van der Waals surface area contributed by atoms with Gasteiger partial charge in [0.25, 0.3) is 5.91 Å². The summed E-state index contributed by atoms with van der Waals surface area (Å²) in [6, 6.07) is 16.6. The fourth-order valence-corrected chi connectivity index (χ4v) is 4.26. The number of hydrogen-bond acceptors (Lipinski definition) is 3. The number of fused-ring (bicyclic) bond motifs is 1. The van der Waals surface area contributed by atoms with E-state index in [9.17, 15) is 13.6 Å². The van der Waals surface area contributed by atoms with Crippen LogP contribution < -0.4 is 0 Å². The monoisotopic (exact) mass is 432 g/mol. The first-order valence-electron chi connectivity index (χ1n) is 10.8. The highest BCUT2D eigenvalue weighted by Crippen LogP contribution is 2.35. The fourth-order valence-electron chi connectivity index (χ4n) is 4.26. The first kappa shape index (κ1) is 20.4. The Kier molecular flexibility index (Phi) is 5.21. The van der Waals surface area contributed by atoms with Crippen molar-refractivity contribution < 1.29 is 18.0 Å². The van der Waals surface area contributed by atoms with Crippen molar-refractivity contribution in [2.45, 2.75) is 32.2 Å². The zero-order chi connectivity index (χ0) is 22.2. The van der Waals surface area contributed by atoms with E-state index < -0.39 is 11.6 Å². The molecule has 3 aromatic carbocycles. The molecule has 162 valence electrons. The van der Waals surface area contributed by atoms with E-state index in [0.29, 0.717) is 40.2 Å². The molecule has 0 saturated carbocycles. The molecule has 1 unspecified atom stereocenters. The van der Waals surface area contributed by atoms with Crippen molar-refractivity contribution in [2.75, 3.05) is 6.54 Å². The van der Waals surface area contributed by atoms with Crippen molar-refractivity contribution in [2.24, 2.45) is 0 Å². The van der Waals surface area contributed by atoms with E-state index in [1.165, 1.54) is 17.7 Å². The Labute approximate surface area is 184 Å². The Hall–Kier alpha value is -3.54. The minimum Gasteiger partial charge on any atom is -0.438 e. The van der Waals surface area contributed by atoms with E-state index >= 15 is 0 Å². The molecular weight excluding hydrogens is 410 g/mol. The van der Waals surface area contributed by atoms with Crippen LogP contribution in [0.2, 0.25) is 0 Å². The lowest BCUT2D eigenvalue weighted by Crippen LogP contribution is -2.30. The Morgan fingerprint density at radius 3 is 2.53 bits per heavy atom. The smallest absolute Gasteiger partial charge is 0.254 e. The van der Waals surface area contributed by atoms with E-state index in [2.05, 4.69) is 11.9 Å². The summed E-state index contributed by atoms with van der Waals surface area (Å²) in [6.45, 7) is 2.73. The standard InChI is InChI=1S/C26H22F2N2O2/c1-2-16-5-7-17(8-6-16)26(31)30-13-3-4-23(30)25-29-22-15-19(10-12-24(22)32-25)18-9-11-20(27)21(28)14-18/h5-12,14-15,23H,2-4,13H2,1H3. The van der Waals surface area contributed by atoms with Crippen LogP contribution in [0.3, 0.4) is 0 Å². The largest absolute Gasteiger partial charge is 0.438 e. The van der Waals surface area contributed by atoms with Gasteiger partial charge in [0, 0.05) is 12.1 Å². The van der Waals surface area contributed by atoms with Crippen LogP contribution in [-0.2, 0) is 6.42 Å². The molecular formula is C26H22F2N2O2. The maximum Gasteiger partial charge on any atom is 0.254 e. The summed E-state index contributed by atoms with van der Waals surface area (Å²) in [6.07, 6.45) is 2.58. The molecule has 4 nitrogen and oxygen atoms in total. The van der Waals surface area contributed by atoms with Crippen LogP contribution in [0.15, 0.2) is 65.1 Å². The molecule has 2 heterocycles. The van der Waals surface area contributed by atoms with Crippen LogP contribution in [0.4, 0.5) is 8.78 Å². The van der Waals surface area contributed by atoms with Gasteiger partial charge in [0.2, 0.25) is 5.89 Å². The number of rotatable bonds is 4. The number of carbonyl (C=O) groups is 1. The lowest BCUT2D eigenvalue weighted by Gasteiger charge is -2.22. The van der Waals surface area contributed by atoms with E-state index in [-0.39, 0.29) is 11.9 Å². The first-order chi connectivity index (χ1) is 15.5. The number of likely N-dealkylation sites (tertiary alicyclic amines) is 1. The Balaban J connectivity index is 1.44. The van der Waals surface area contributed by atoms with Gasteiger partial charge in [-0.15, -0.1) is 0 Å². The average molecular weight is 432 g/mol.